The first-order valence-corrected chi connectivity index (χ1v) is 8.70. The van der Waals surface area contributed by atoms with E-state index in [0.717, 1.165) is 6.42 Å². The van der Waals surface area contributed by atoms with Crippen molar-refractivity contribution in [2.75, 3.05) is 13.2 Å². The molecule has 3 saturated heterocycles. The lowest BCUT2D eigenvalue weighted by molar-refractivity contribution is -0.351. The Morgan fingerprint density at radius 2 is 1.92 bits per heavy atom. The molecule has 0 bridgehead atoms. The normalized spacial score (nSPS) is 55.1. The summed E-state index contributed by atoms with van der Waals surface area (Å²) in [7, 11) is 0. The second kappa shape index (κ2) is 6.41. The summed E-state index contributed by atoms with van der Waals surface area (Å²) >= 11 is 0. The Kier molecular flexibility index (Phi) is 4.52. The molecule has 4 aliphatic rings. The summed E-state index contributed by atoms with van der Waals surface area (Å²) < 4.78 is 22.2. The number of aliphatic hydroxyl groups excluding tert-OH is 4. The van der Waals surface area contributed by atoms with Crippen molar-refractivity contribution in [2.45, 2.75) is 56.4 Å². The van der Waals surface area contributed by atoms with Crippen LogP contribution in [0.5, 0.6) is 0 Å². The van der Waals surface area contributed by atoms with Crippen molar-refractivity contribution >= 4 is 5.97 Å². The largest absolute Gasteiger partial charge is 0.462 e. The lowest BCUT2D eigenvalue weighted by atomic mass is 9.80. The molecule has 0 radical (unpaired) electrons. The van der Waals surface area contributed by atoms with E-state index in [2.05, 4.69) is 6.92 Å². The van der Waals surface area contributed by atoms with Gasteiger partial charge < -0.3 is 39.4 Å². The summed E-state index contributed by atoms with van der Waals surface area (Å²) in [6, 6.07) is 0. The number of carbonyl (C=O) groups is 1. The standard InChI is InChI=1S/C16H24O9/c1-5-2-7-9-6(5)4-22-15(10(9)14(21)23-7)25-16-13(20)12(19)11(18)8(3-17)24-16/h5-13,15-20H,2-4H2,1H3/t5-,6+,7-,8+,9+,10+,11+,12-,13+,15+,16-/m0/s1. The average molecular weight is 360 g/mol. The van der Waals surface area contributed by atoms with Crippen molar-refractivity contribution in [2.24, 2.45) is 23.7 Å². The number of carbonyl (C=O) groups excluding carboxylic acids is 1. The maximum Gasteiger partial charge on any atom is 0.314 e. The van der Waals surface area contributed by atoms with Gasteiger partial charge in [-0.1, -0.05) is 6.92 Å². The predicted octanol–water partition coefficient (Wildman–Crippen LogP) is -2.03. The van der Waals surface area contributed by atoms with Crippen molar-refractivity contribution in [3.63, 3.8) is 0 Å². The topological polar surface area (TPSA) is 135 Å². The van der Waals surface area contributed by atoms with Crippen LogP contribution >= 0.6 is 0 Å². The molecule has 0 aromatic rings. The number of hydrogen-bond donors (Lipinski definition) is 4. The molecule has 0 amide bonds. The molecule has 4 rings (SSSR count). The van der Waals surface area contributed by atoms with Gasteiger partial charge in [-0.2, -0.15) is 0 Å². The number of ether oxygens (including phenoxy) is 4. The molecule has 0 unspecified atom stereocenters. The van der Waals surface area contributed by atoms with Gasteiger partial charge in [0, 0.05) is 5.92 Å². The van der Waals surface area contributed by atoms with Crippen molar-refractivity contribution in [3.05, 3.63) is 0 Å². The Balaban J connectivity index is 1.50. The van der Waals surface area contributed by atoms with Crippen LogP contribution in [0.1, 0.15) is 13.3 Å². The molecule has 25 heavy (non-hydrogen) atoms. The molecule has 1 aliphatic carbocycles. The number of hydrogen-bond acceptors (Lipinski definition) is 9. The molecule has 9 nitrogen and oxygen atoms in total. The number of esters is 1. The molecule has 3 aliphatic heterocycles. The highest BCUT2D eigenvalue weighted by Gasteiger charge is 2.61. The van der Waals surface area contributed by atoms with Crippen LogP contribution in [-0.4, -0.2) is 82.7 Å². The van der Waals surface area contributed by atoms with Crippen molar-refractivity contribution in [1.82, 2.24) is 0 Å². The Morgan fingerprint density at radius 3 is 2.64 bits per heavy atom. The Labute approximate surface area is 144 Å². The quantitative estimate of drug-likeness (QED) is 0.420. The maximum atomic E-state index is 12.3. The van der Waals surface area contributed by atoms with Crippen LogP contribution < -0.4 is 0 Å². The van der Waals surface area contributed by atoms with Gasteiger partial charge >= 0.3 is 5.97 Å². The van der Waals surface area contributed by atoms with Gasteiger partial charge in [0.2, 0.25) is 0 Å². The summed E-state index contributed by atoms with van der Waals surface area (Å²) in [4.78, 5) is 12.3. The van der Waals surface area contributed by atoms with Crippen molar-refractivity contribution in [3.8, 4) is 0 Å². The second-order valence-corrected chi connectivity index (χ2v) is 7.49. The van der Waals surface area contributed by atoms with E-state index in [1.165, 1.54) is 0 Å². The monoisotopic (exact) mass is 360 g/mol. The van der Waals surface area contributed by atoms with Crippen molar-refractivity contribution in [1.29, 1.82) is 0 Å². The zero-order valence-electron chi connectivity index (χ0n) is 13.8. The van der Waals surface area contributed by atoms with Crippen LogP contribution in [0.3, 0.4) is 0 Å². The molecule has 9 heteroatoms. The molecular weight excluding hydrogens is 336 g/mol. The van der Waals surface area contributed by atoms with Gasteiger partial charge in [-0.25, -0.2) is 0 Å². The smallest absolute Gasteiger partial charge is 0.314 e. The van der Waals surface area contributed by atoms with Gasteiger partial charge in [0.15, 0.2) is 12.6 Å². The van der Waals surface area contributed by atoms with E-state index in [4.69, 9.17) is 18.9 Å². The fourth-order valence-corrected chi connectivity index (χ4v) is 4.68. The minimum absolute atomic E-state index is 0.00568. The lowest BCUT2D eigenvalue weighted by Crippen LogP contribution is -2.60. The van der Waals surface area contributed by atoms with E-state index in [0.29, 0.717) is 12.5 Å². The molecule has 4 fully saturated rings. The van der Waals surface area contributed by atoms with Gasteiger partial charge in [-0.15, -0.1) is 0 Å². The third-order valence-corrected chi connectivity index (χ3v) is 6.08. The second-order valence-electron chi connectivity index (χ2n) is 7.49. The van der Waals surface area contributed by atoms with Gasteiger partial charge in [0.25, 0.3) is 0 Å². The Morgan fingerprint density at radius 1 is 1.16 bits per heavy atom. The van der Waals surface area contributed by atoms with E-state index in [1.54, 1.807) is 0 Å². The average Bonchev–Trinajstić information content (AvgIpc) is 3.08. The molecule has 4 N–H and O–H groups in total. The van der Waals surface area contributed by atoms with Crippen LogP contribution in [0.15, 0.2) is 0 Å². The fraction of sp³-hybridized carbons (Fsp3) is 0.938. The highest BCUT2D eigenvalue weighted by Crippen LogP contribution is 2.52. The summed E-state index contributed by atoms with van der Waals surface area (Å²) in [5.74, 6) is -0.386. The SMILES string of the molecule is C[C@H]1C[C@@H]2OC(=O)[C@@H]3[C@@H](O[C@@H]4O[C@H](CO)[C@@H](O)[C@H](O)[C@H]4O)OC[C@H]1[C@@H]32. The summed E-state index contributed by atoms with van der Waals surface area (Å²) in [6.07, 6.45) is -7.25. The molecular formula is C16H24O9. The first kappa shape index (κ1) is 17.6. The molecule has 0 spiro atoms. The fourth-order valence-electron chi connectivity index (χ4n) is 4.68. The molecule has 142 valence electrons. The predicted molar refractivity (Wildman–Crippen MR) is 78.7 cm³/mol. The molecule has 0 aromatic carbocycles. The van der Waals surface area contributed by atoms with E-state index in [-0.39, 0.29) is 23.9 Å². The van der Waals surface area contributed by atoms with E-state index < -0.39 is 49.5 Å². The molecule has 1 saturated carbocycles. The highest BCUT2D eigenvalue weighted by molar-refractivity contribution is 5.76. The Bertz CT molecular complexity index is 526. The number of rotatable bonds is 3. The third-order valence-electron chi connectivity index (χ3n) is 6.08. The van der Waals surface area contributed by atoms with E-state index in [9.17, 15) is 25.2 Å². The summed E-state index contributed by atoms with van der Waals surface area (Å²) in [5, 5.41) is 39.0. The van der Waals surface area contributed by atoms with Gasteiger partial charge in [-0.3, -0.25) is 4.79 Å². The lowest BCUT2D eigenvalue weighted by Gasteiger charge is -2.43. The highest BCUT2D eigenvalue weighted by atomic mass is 16.8. The first-order valence-electron chi connectivity index (χ1n) is 8.70. The van der Waals surface area contributed by atoms with E-state index >= 15 is 0 Å². The molecule has 3 heterocycles. The van der Waals surface area contributed by atoms with Crippen LogP contribution in [0.4, 0.5) is 0 Å². The minimum Gasteiger partial charge on any atom is -0.462 e. The number of aliphatic hydroxyl groups is 4. The van der Waals surface area contributed by atoms with E-state index in [1.807, 2.05) is 0 Å². The van der Waals surface area contributed by atoms with Crippen LogP contribution in [0.25, 0.3) is 0 Å². The third kappa shape index (κ3) is 2.69. The maximum absolute atomic E-state index is 12.3. The van der Waals surface area contributed by atoms with Crippen LogP contribution in [0.2, 0.25) is 0 Å². The molecule has 0 aromatic heterocycles. The van der Waals surface area contributed by atoms with Gasteiger partial charge in [-0.05, 0) is 18.3 Å². The minimum atomic E-state index is -1.54. The van der Waals surface area contributed by atoms with Crippen LogP contribution in [0, 0.1) is 23.7 Å². The summed E-state index contributed by atoms with van der Waals surface area (Å²) in [5.41, 5.74) is 0. The van der Waals surface area contributed by atoms with Crippen LogP contribution in [-0.2, 0) is 23.7 Å². The first-order chi connectivity index (χ1) is 11.9. The molecule has 11 atom stereocenters. The van der Waals surface area contributed by atoms with Crippen molar-refractivity contribution < 1.29 is 44.2 Å². The van der Waals surface area contributed by atoms with Gasteiger partial charge in [0.05, 0.1) is 13.2 Å². The van der Waals surface area contributed by atoms with Gasteiger partial charge in [0.1, 0.15) is 36.4 Å². The Hall–Kier alpha value is -0.810. The zero-order chi connectivity index (χ0) is 17.9. The zero-order valence-corrected chi connectivity index (χ0v) is 13.8. The summed E-state index contributed by atoms with van der Waals surface area (Å²) in [6.45, 7) is 1.97.